The molecule has 2 nitrogen and oxygen atoms in total. The van der Waals surface area contributed by atoms with Gasteiger partial charge in [-0.3, -0.25) is 0 Å². The van der Waals surface area contributed by atoms with E-state index in [2.05, 4.69) is 24.1 Å². The fourth-order valence-electron chi connectivity index (χ4n) is 2.74. The number of rotatable bonds is 5. The van der Waals surface area contributed by atoms with Gasteiger partial charge in [0.15, 0.2) is 0 Å². The van der Waals surface area contributed by atoms with Crippen LogP contribution in [0, 0.1) is 5.92 Å². The summed E-state index contributed by atoms with van der Waals surface area (Å²) in [6.45, 7) is 2.28. The smallest absolute Gasteiger partial charge is 0.118 e. The third-order valence-electron chi connectivity index (χ3n) is 3.66. The molecule has 0 amide bonds. The third-order valence-corrected chi connectivity index (χ3v) is 3.66. The molecule has 1 saturated carbocycles. The zero-order valence-electron chi connectivity index (χ0n) is 11.0. The van der Waals surface area contributed by atoms with Gasteiger partial charge in [0.25, 0.3) is 0 Å². The Morgan fingerprint density at radius 2 is 1.82 bits per heavy atom. The molecule has 1 aliphatic rings. The van der Waals surface area contributed by atoms with E-state index in [1.807, 2.05) is 12.1 Å². The van der Waals surface area contributed by atoms with Gasteiger partial charge in [0.05, 0.1) is 7.11 Å². The number of hydrogen-bond acceptors (Lipinski definition) is 2. The summed E-state index contributed by atoms with van der Waals surface area (Å²) in [5, 5.41) is 0. The van der Waals surface area contributed by atoms with E-state index in [0.717, 1.165) is 18.2 Å². The van der Waals surface area contributed by atoms with Crippen molar-refractivity contribution in [1.29, 1.82) is 0 Å². The molecule has 0 bridgehead atoms. The fourth-order valence-corrected chi connectivity index (χ4v) is 2.74. The summed E-state index contributed by atoms with van der Waals surface area (Å²) in [4.78, 5) is 2.44. The highest BCUT2D eigenvalue weighted by Gasteiger charge is 2.16. The molecule has 0 aliphatic heterocycles. The molecule has 1 aromatic carbocycles. The van der Waals surface area contributed by atoms with Crippen molar-refractivity contribution in [2.24, 2.45) is 5.92 Å². The van der Waals surface area contributed by atoms with Gasteiger partial charge in [0.2, 0.25) is 0 Å². The molecule has 0 N–H and O–H groups in total. The van der Waals surface area contributed by atoms with Crippen molar-refractivity contribution in [3.05, 3.63) is 29.8 Å². The molecule has 17 heavy (non-hydrogen) atoms. The summed E-state index contributed by atoms with van der Waals surface area (Å²) in [7, 11) is 3.93. The van der Waals surface area contributed by atoms with Crippen molar-refractivity contribution in [2.75, 3.05) is 20.7 Å². The van der Waals surface area contributed by atoms with Gasteiger partial charge in [-0.15, -0.1) is 0 Å². The molecule has 1 aliphatic carbocycles. The van der Waals surface area contributed by atoms with Crippen LogP contribution in [0.2, 0.25) is 0 Å². The van der Waals surface area contributed by atoms with E-state index >= 15 is 0 Å². The first-order valence-corrected chi connectivity index (χ1v) is 6.59. The van der Waals surface area contributed by atoms with E-state index in [9.17, 15) is 0 Å². The number of methoxy groups -OCH3 is 1. The zero-order chi connectivity index (χ0) is 12.1. The second kappa shape index (κ2) is 6.06. The first kappa shape index (κ1) is 12.4. The van der Waals surface area contributed by atoms with Crippen molar-refractivity contribution < 1.29 is 4.74 Å². The van der Waals surface area contributed by atoms with Gasteiger partial charge in [-0.05, 0) is 43.5 Å². The molecule has 1 aromatic rings. The molecule has 0 heterocycles. The second-order valence-corrected chi connectivity index (χ2v) is 5.20. The van der Waals surface area contributed by atoms with E-state index in [1.165, 1.54) is 37.8 Å². The zero-order valence-corrected chi connectivity index (χ0v) is 11.0. The summed E-state index contributed by atoms with van der Waals surface area (Å²) in [6, 6.07) is 8.39. The Labute approximate surface area is 105 Å². The molecule has 0 radical (unpaired) electrons. The predicted octanol–water partition coefficient (Wildman–Crippen LogP) is 3.32. The highest BCUT2D eigenvalue weighted by molar-refractivity contribution is 5.27. The van der Waals surface area contributed by atoms with Crippen LogP contribution in [-0.2, 0) is 6.54 Å². The van der Waals surface area contributed by atoms with Gasteiger partial charge in [-0.25, -0.2) is 0 Å². The van der Waals surface area contributed by atoms with Crippen LogP contribution in [0.1, 0.15) is 31.2 Å². The Morgan fingerprint density at radius 3 is 2.41 bits per heavy atom. The maximum atomic E-state index is 5.17. The first-order valence-electron chi connectivity index (χ1n) is 6.59. The lowest BCUT2D eigenvalue weighted by Crippen LogP contribution is -2.24. The molecular weight excluding hydrogens is 210 g/mol. The van der Waals surface area contributed by atoms with E-state index < -0.39 is 0 Å². The lowest BCUT2D eigenvalue weighted by atomic mass is 10.1. The minimum Gasteiger partial charge on any atom is -0.497 e. The monoisotopic (exact) mass is 233 g/mol. The van der Waals surface area contributed by atoms with Crippen LogP contribution < -0.4 is 4.74 Å². The highest BCUT2D eigenvalue weighted by Crippen LogP contribution is 2.25. The molecule has 0 aromatic heterocycles. The molecule has 2 heteroatoms. The average molecular weight is 233 g/mol. The van der Waals surface area contributed by atoms with Gasteiger partial charge in [-0.2, -0.15) is 0 Å². The molecule has 0 unspecified atom stereocenters. The Morgan fingerprint density at radius 1 is 1.18 bits per heavy atom. The summed E-state index contributed by atoms with van der Waals surface area (Å²) in [5.74, 6) is 1.87. The Balaban J connectivity index is 1.81. The van der Waals surface area contributed by atoms with Gasteiger partial charge in [0.1, 0.15) is 5.75 Å². The fraction of sp³-hybridized carbons (Fsp3) is 0.600. The van der Waals surface area contributed by atoms with E-state index in [-0.39, 0.29) is 0 Å². The predicted molar refractivity (Wildman–Crippen MR) is 71.3 cm³/mol. The first-order chi connectivity index (χ1) is 8.28. The molecule has 1 fully saturated rings. The summed E-state index contributed by atoms with van der Waals surface area (Å²) in [5.41, 5.74) is 1.37. The van der Waals surface area contributed by atoms with Crippen LogP contribution >= 0.6 is 0 Å². The van der Waals surface area contributed by atoms with E-state index in [1.54, 1.807) is 7.11 Å². The highest BCUT2D eigenvalue weighted by atomic mass is 16.5. The Bertz CT molecular complexity index is 327. The molecule has 2 rings (SSSR count). The Hall–Kier alpha value is -1.02. The SMILES string of the molecule is COc1ccc(CN(C)CC2CCCC2)cc1. The summed E-state index contributed by atoms with van der Waals surface area (Å²) < 4.78 is 5.17. The Kier molecular flexibility index (Phi) is 4.43. The van der Waals surface area contributed by atoms with Crippen molar-refractivity contribution in [3.63, 3.8) is 0 Å². The maximum Gasteiger partial charge on any atom is 0.118 e. The van der Waals surface area contributed by atoms with Crippen molar-refractivity contribution in [1.82, 2.24) is 4.90 Å². The summed E-state index contributed by atoms with van der Waals surface area (Å²) in [6.07, 6.45) is 5.71. The standard InChI is InChI=1S/C15H23NO/c1-16(11-13-5-3-4-6-13)12-14-7-9-15(17-2)10-8-14/h7-10,13H,3-6,11-12H2,1-2H3. The molecular formula is C15H23NO. The normalized spacial score (nSPS) is 16.6. The van der Waals surface area contributed by atoms with Gasteiger partial charge >= 0.3 is 0 Å². The van der Waals surface area contributed by atoms with Crippen LogP contribution in [0.4, 0.5) is 0 Å². The third kappa shape index (κ3) is 3.74. The van der Waals surface area contributed by atoms with Crippen molar-refractivity contribution in [3.8, 4) is 5.75 Å². The summed E-state index contributed by atoms with van der Waals surface area (Å²) >= 11 is 0. The van der Waals surface area contributed by atoms with Gasteiger partial charge in [0, 0.05) is 13.1 Å². The quantitative estimate of drug-likeness (QED) is 0.773. The topological polar surface area (TPSA) is 12.5 Å². The largest absolute Gasteiger partial charge is 0.497 e. The molecule has 0 saturated heterocycles. The molecule has 94 valence electrons. The molecule has 0 spiro atoms. The van der Waals surface area contributed by atoms with Crippen LogP contribution in [-0.4, -0.2) is 25.6 Å². The lowest BCUT2D eigenvalue weighted by Gasteiger charge is -2.20. The average Bonchev–Trinajstić information content (AvgIpc) is 2.82. The minimum atomic E-state index is 0.929. The second-order valence-electron chi connectivity index (χ2n) is 5.20. The lowest BCUT2D eigenvalue weighted by molar-refractivity contribution is 0.271. The van der Waals surface area contributed by atoms with Crippen LogP contribution in [0.3, 0.4) is 0 Å². The number of hydrogen-bond donors (Lipinski definition) is 0. The van der Waals surface area contributed by atoms with E-state index in [0.29, 0.717) is 0 Å². The number of nitrogens with zero attached hydrogens (tertiary/aromatic N) is 1. The van der Waals surface area contributed by atoms with Crippen LogP contribution in [0.15, 0.2) is 24.3 Å². The van der Waals surface area contributed by atoms with E-state index in [4.69, 9.17) is 4.74 Å². The van der Waals surface area contributed by atoms with Crippen molar-refractivity contribution in [2.45, 2.75) is 32.2 Å². The van der Waals surface area contributed by atoms with Gasteiger partial charge in [-0.1, -0.05) is 25.0 Å². The van der Waals surface area contributed by atoms with Gasteiger partial charge < -0.3 is 9.64 Å². The maximum absolute atomic E-state index is 5.17. The van der Waals surface area contributed by atoms with Crippen molar-refractivity contribution >= 4 is 0 Å². The number of benzene rings is 1. The number of ether oxygens (including phenoxy) is 1. The van der Waals surface area contributed by atoms with Crippen LogP contribution in [0.25, 0.3) is 0 Å². The van der Waals surface area contributed by atoms with Crippen LogP contribution in [0.5, 0.6) is 5.75 Å². The molecule has 0 atom stereocenters. The minimum absolute atomic E-state index is 0.929.